The third kappa shape index (κ3) is 4.41. The number of hydrogen-bond acceptors (Lipinski definition) is 3. The van der Waals surface area contributed by atoms with Crippen LogP contribution in [-0.4, -0.2) is 5.12 Å². The molecule has 0 spiro atoms. The standard InChI is InChI=1S/C21H26O2S/c1-6-17-9-8-10-20(24-21(22)7-2)18(17)13-23-19-12-15(4)14(3)11-16(19)5/h8-12H,6-7,13H2,1-5H3. The van der Waals surface area contributed by atoms with E-state index >= 15 is 0 Å². The first-order valence-electron chi connectivity index (χ1n) is 8.48. The summed E-state index contributed by atoms with van der Waals surface area (Å²) in [6, 6.07) is 10.4. The van der Waals surface area contributed by atoms with Gasteiger partial charge in [-0.3, -0.25) is 4.79 Å². The van der Waals surface area contributed by atoms with Crippen molar-refractivity contribution in [2.45, 2.75) is 59.0 Å². The van der Waals surface area contributed by atoms with Crippen molar-refractivity contribution < 1.29 is 9.53 Å². The van der Waals surface area contributed by atoms with Crippen molar-refractivity contribution >= 4 is 16.9 Å². The Hall–Kier alpha value is -1.74. The van der Waals surface area contributed by atoms with Gasteiger partial charge in [-0.15, -0.1) is 0 Å². The molecular weight excluding hydrogens is 316 g/mol. The topological polar surface area (TPSA) is 26.3 Å². The van der Waals surface area contributed by atoms with Gasteiger partial charge in [-0.05, 0) is 61.6 Å². The molecule has 2 nitrogen and oxygen atoms in total. The van der Waals surface area contributed by atoms with Gasteiger partial charge in [0, 0.05) is 16.9 Å². The molecule has 128 valence electrons. The Kier molecular flexibility index (Phi) is 6.50. The minimum atomic E-state index is 0.187. The van der Waals surface area contributed by atoms with Gasteiger partial charge in [-0.2, -0.15) is 0 Å². The van der Waals surface area contributed by atoms with Crippen molar-refractivity contribution in [1.29, 1.82) is 0 Å². The molecule has 2 aromatic carbocycles. The molecule has 0 saturated heterocycles. The van der Waals surface area contributed by atoms with Gasteiger partial charge in [0.25, 0.3) is 0 Å². The van der Waals surface area contributed by atoms with Crippen molar-refractivity contribution in [2.75, 3.05) is 0 Å². The highest BCUT2D eigenvalue weighted by Crippen LogP contribution is 2.30. The molecule has 2 aromatic rings. The maximum absolute atomic E-state index is 11.9. The lowest BCUT2D eigenvalue weighted by atomic mass is 10.0. The van der Waals surface area contributed by atoms with Crippen LogP contribution < -0.4 is 4.74 Å². The Bertz CT molecular complexity index is 735. The lowest BCUT2D eigenvalue weighted by Gasteiger charge is -2.16. The van der Waals surface area contributed by atoms with Crippen molar-refractivity contribution in [1.82, 2.24) is 0 Å². The molecule has 0 bridgehead atoms. The number of thioether (sulfide) groups is 1. The molecule has 0 unspecified atom stereocenters. The molecular formula is C21H26O2S. The molecule has 0 amide bonds. The predicted octanol–water partition coefficient (Wildman–Crippen LogP) is 5.78. The molecule has 0 aliphatic rings. The Morgan fingerprint density at radius 2 is 1.75 bits per heavy atom. The minimum absolute atomic E-state index is 0.187. The number of aryl methyl sites for hydroxylation is 4. The summed E-state index contributed by atoms with van der Waals surface area (Å²) >= 11 is 1.33. The fourth-order valence-electron chi connectivity index (χ4n) is 2.64. The third-order valence-corrected chi connectivity index (χ3v) is 5.41. The van der Waals surface area contributed by atoms with Crippen LogP contribution in [0.1, 0.15) is 48.1 Å². The number of rotatable bonds is 6. The van der Waals surface area contributed by atoms with Crippen molar-refractivity contribution in [3.63, 3.8) is 0 Å². The van der Waals surface area contributed by atoms with Gasteiger partial charge in [-0.25, -0.2) is 0 Å². The lowest BCUT2D eigenvalue weighted by Crippen LogP contribution is -2.04. The summed E-state index contributed by atoms with van der Waals surface area (Å²) in [5.41, 5.74) is 6.02. The van der Waals surface area contributed by atoms with Crippen LogP contribution in [0.2, 0.25) is 0 Å². The predicted molar refractivity (Wildman–Crippen MR) is 102 cm³/mol. The maximum atomic E-state index is 11.9. The molecule has 3 heteroatoms. The number of hydrogen-bond donors (Lipinski definition) is 0. The molecule has 0 aromatic heterocycles. The highest BCUT2D eigenvalue weighted by Gasteiger charge is 2.13. The van der Waals surface area contributed by atoms with E-state index in [2.05, 4.69) is 45.9 Å². The first kappa shape index (κ1) is 18.6. The van der Waals surface area contributed by atoms with E-state index in [0.29, 0.717) is 13.0 Å². The number of carbonyl (C=O) groups is 1. The number of ether oxygens (including phenoxy) is 1. The minimum Gasteiger partial charge on any atom is -0.489 e. The van der Waals surface area contributed by atoms with Crippen molar-refractivity contribution in [2.24, 2.45) is 0 Å². The molecule has 2 rings (SSSR count). The number of benzene rings is 2. The molecule has 0 radical (unpaired) electrons. The van der Waals surface area contributed by atoms with Crippen LogP contribution in [0.15, 0.2) is 35.2 Å². The SMILES string of the molecule is CCC(=O)Sc1cccc(CC)c1COc1cc(C)c(C)cc1C. The van der Waals surface area contributed by atoms with E-state index < -0.39 is 0 Å². The quantitative estimate of drug-likeness (QED) is 0.622. The highest BCUT2D eigenvalue weighted by molar-refractivity contribution is 8.13. The molecule has 24 heavy (non-hydrogen) atoms. The monoisotopic (exact) mass is 342 g/mol. The first-order chi connectivity index (χ1) is 11.5. The Morgan fingerprint density at radius 3 is 2.42 bits per heavy atom. The summed E-state index contributed by atoms with van der Waals surface area (Å²) in [6.07, 6.45) is 1.47. The fourth-order valence-corrected chi connectivity index (χ4v) is 3.49. The van der Waals surface area contributed by atoms with E-state index in [0.717, 1.165) is 28.2 Å². The summed E-state index contributed by atoms with van der Waals surface area (Å²) in [6.45, 7) is 10.8. The molecule has 0 fully saturated rings. The summed E-state index contributed by atoms with van der Waals surface area (Å²) in [7, 11) is 0. The Balaban J connectivity index is 2.28. The van der Waals surface area contributed by atoms with E-state index in [4.69, 9.17) is 4.74 Å². The van der Waals surface area contributed by atoms with Crippen LogP contribution in [0.25, 0.3) is 0 Å². The fraction of sp³-hybridized carbons (Fsp3) is 0.381. The molecule has 0 saturated carbocycles. The molecule has 0 aliphatic heterocycles. The van der Waals surface area contributed by atoms with Crippen LogP contribution in [0.4, 0.5) is 0 Å². The van der Waals surface area contributed by atoms with Gasteiger partial charge >= 0.3 is 0 Å². The molecule has 0 heterocycles. The summed E-state index contributed by atoms with van der Waals surface area (Å²) in [5, 5.41) is 0.187. The van der Waals surface area contributed by atoms with E-state index in [1.54, 1.807) is 0 Å². The van der Waals surface area contributed by atoms with E-state index in [9.17, 15) is 4.79 Å². The van der Waals surface area contributed by atoms with E-state index in [1.165, 1.54) is 28.5 Å². The zero-order valence-corrected chi connectivity index (χ0v) is 16.0. The summed E-state index contributed by atoms with van der Waals surface area (Å²) in [5.74, 6) is 0.918. The van der Waals surface area contributed by atoms with Crippen LogP contribution >= 0.6 is 11.8 Å². The van der Waals surface area contributed by atoms with Crippen molar-refractivity contribution in [3.8, 4) is 5.75 Å². The van der Waals surface area contributed by atoms with Gasteiger partial charge in [0.1, 0.15) is 12.4 Å². The smallest absolute Gasteiger partial charge is 0.193 e. The van der Waals surface area contributed by atoms with Crippen LogP contribution in [-0.2, 0) is 17.8 Å². The van der Waals surface area contributed by atoms with E-state index in [1.807, 2.05) is 19.1 Å². The van der Waals surface area contributed by atoms with Crippen LogP contribution in [0.5, 0.6) is 5.75 Å². The summed E-state index contributed by atoms with van der Waals surface area (Å²) < 4.78 is 6.13. The van der Waals surface area contributed by atoms with Gasteiger partial charge in [-0.1, -0.05) is 43.8 Å². The second-order valence-electron chi connectivity index (χ2n) is 6.07. The Labute approximate surface area is 149 Å². The first-order valence-corrected chi connectivity index (χ1v) is 9.30. The van der Waals surface area contributed by atoms with Gasteiger partial charge in [0.05, 0.1) is 0 Å². The second kappa shape index (κ2) is 8.39. The zero-order chi connectivity index (χ0) is 17.7. The highest BCUT2D eigenvalue weighted by atomic mass is 32.2. The van der Waals surface area contributed by atoms with E-state index in [-0.39, 0.29) is 5.12 Å². The maximum Gasteiger partial charge on any atom is 0.193 e. The average molecular weight is 343 g/mol. The molecule has 0 aliphatic carbocycles. The van der Waals surface area contributed by atoms with Gasteiger partial charge in [0.15, 0.2) is 5.12 Å². The Morgan fingerprint density at radius 1 is 1.04 bits per heavy atom. The largest absolute Gasteiger partial charge is 0.489 e. The lowest BCUT2D eigenvalue weighted by molar-refractivity contribution is -0.110. The summed E-state index contributed by atoms with van der Waals surface area (Å²) in [4.78, 5) is 12.9. The van der Waals surface area contributed by atoms with Crippen LogP contribution in [0.3, 0.4) is 0 Å². The van der Waals surface area contributed by atoms with Gasteiger partial charge < -0.3 is 4.74 Å². The third-order valence-electron chi connectivity index (χ3n) is 4.29. The normalized spacial score (nSPS) is 10.7. The number of carbonyl (C=O) groups excluding carboxylic acids is 1. The van der Waals surface area contributed by atoms with Crippen LogP contribution in [0, 0.1) is 20.8 Å². The second-order valence-corrected chi connectivity index (χ2v) is 7.16. The average Bonchev–Trinajstić information content (AvgIpc) is 2.57. The molecule has 0 atom stereocenters. The zero-order valence-electron chi connectivity index (χ0n) is 15.2. The van der Waals surface area contributed by atoms with Gasteiger partial charge in [0.2, 0.25) is 0 Å². The molecule has 0 N–H and O–H groups in total. The van der Waals surface area contributed by atoms with Crippen molar-refractivity contribution in [3.05, 3.63) is 58.1 Å².